The minimum absolute atomic E-state index is 0.189. The summed E-state index contributed by atoms with van der Waals surface area (Å²) >= 11 is 2.68. The van der Waals surface area contributed by atoms with Crippen LogP contribution in [0, 0.1) is 0 Å². The van der Waals surface area contributed by atoms with Gasteiger partial charge >= 0.3 is 0 Å². The number of morpholine rings is 1. The van der Waals surface area contributed by atoms with Gasteiger partial charge in [0.15, 0.2) is 0 Å². The number of hydrogen-bond acceptors (Lipinski definition) is 8. The Balaban J connectivity index is 1.67. The van der Waals surface area contributed by atoms with Gasteiger partial charge in [0.25, 0.3) is 0 Å². The van der Waals surface area contributed by atoms with E-state index in [-0.39, 0.29) is 4.21 Å². The molecule has 1 aromatic rings. The number of thiophene rings is 1. The van der Waals surface area contributed by atoms with Crippen molar-refractivity contribution >= 4 is 39.0 Å². The van der Waals surface area contributed by atoms with Gasteiger partial charge in [-0.05, 0) is 13.0 Å². The van der Waals surface area contributed by atoms with Gasteiger partial charge in [-0.2, -0.15) is 5.10 Å². The molecule has 0 bridgehead atoms. The molecular weight excluding hydrogens is 344 g/mol. The summed E-state index contributed by atoms with van der Waals surface area (Å²) < 4.78 is 31.3. The molecule has 1 saturated heterocycles. The van der Waals surface area contributed by atoms with Crippen LogP contribution in [-0.4, -0.2) is 62.8 Å². The molecule has 2 aliphatic heterocycles. The predicted molar refractivity (Wildman–Crippen MR) is 87.7 cm³/mol. The van der Waals surface area contributed by atoms with E-state index in [4.69, 9.17) is 9.88 Å². The summed E-state index contributed by atoms with van der Waals surface area (Å²) in [5.74, 6) is 0. The first-order chi connectivity index (χ1) is 10.4. The van der Waals surface area contributed by atoms with Crippen molar-refractivity contribution in [2.45, 2.75) is 15.3 Å². The van der Waals surface area contributed by atoms with Crippen molar-refractivity contribution in [3.8, 4) is 0 Å². The van der Waals surface area contributed by atoms with Crippen LogP contribution in [0.25, 0.3) is 0 Å². The SMILES string of the molecule is CC1=NN(CCN2CCOCC2)Sc2sc(S(N)(=O)=O)cc21. The maximum absolute atomic E-state index is 11.5. The van der Waals surface area contributed by atoms with Crippen LogP contribution in [-0.2, 0) is 14.8 Å². The number of hydrogen-bond donors (Lipinski definition) is 1. The lowest BCUT2D eigenvalue weighted by Crippen LogP contribution is -2.39. The highest BCUT2D eigenvalue weighted by Gasteiger charge is 2.24. The van der Waals surface area contributed by atoms with Crippen molar-refractivity contribution in [1.29, 1.82) is 0 Å². The molecule has 3 rings (SSSR count). The fourth-order valence-electron chi connectivity index (χ4n) is 2.30. The Morgan fingerprint density at radius 1 is 1.36 bits per heavy atom. The Morgan fingerprint density at radius 2 is 2.09 bits per heavy atom. The molecule has 10 heteroatoms. The van der Waals surface area contributed by atoms with Gasteiger partial charge in [0.2, 0.25) is 10.0 Å². The average Bonchev–Trinajstić information content (AvgIpc) is 2.91. The molecule has 1 aromatic heterocycles. The van der Waals surface area contributed by atoms with E-state index in [1.54, 1.807) is 6.07 Å². The molecule has 2 N–H and O–H groups in total. The molecular formula is C12H18N4O3S3. The Morgan fingerprint density at radius 3 is 2.77 bits per heavy atom. The van der Waals surface area contributed by atoms with E-state index in [1.807, 2.05) is 11.3 Å². The minimum Gasteiger partial charge on any atom is -0.379 e. The number of sulfonamides is 1. The first-order valence-corrected chi connectivity index (χ1v) is 10.0. The number of nitrogens with zero attached hydrogens (tertiary/aromatic N) is 3. The van der Waals surface area contributed by atoms with E-state index in [0.29, 0.717) is 0 Å². The summed E-state index contributed by atoms with van der Waals surface area (Å²) in [6.45, 7) is 7.03. The quantitative estimate of drug-likeness (QED) is 0.796. The number of rotatable bonds is 4. The van der Waals surface area contributed by atoms with Crippen molar-refractivity contribution in [3.63, 3.8) is 0 Å². The zero-order valence-corrected chi connectivity index (χ0v) is 14.6. The summed E-state index contributed by atoms with van der Waals surface area (Å²) in [7, 11) is -3.66. The van der Waals surface area contributed by atoms with Gasteiger partial charge in [0.1, 0.15) is 4.21 Å². The molecule has 0 atom stereocenters. The second-order valence-corrected chi connectivity index (χ2v) is 9.23. The molecule has 0 radical (unpaired) electrons. The topological polar surface area (TPSA) is 88.2 Å². The molecule has 0 aromatic carbocycles. The van der Waals surface area contributed by atoms with Gasteiger partial charge in [-0.15, -0.1) is 11.3 Å². The highest BCUT2D eigenvalue weighted by atomic mass is 32.3. The van der Waals surface area contributed by atoms with Crippen molar-refractivity contribution in [3.05, 3.63) is 11.6 Å². The third-order valence-corrected chi connectivity index (χ3v) is 7.19. The maximum Gasteiger partial charge on any atom is 0.247 e. The third kappa shape index (κ3) is 3.63. The van der Waals surface area contributed by atoms with Crippen molar-refractivity contribution in [2.24, 2.45) is 10.2 Å². The van der Waals surface area contributed by atoms with Crippen LogP contribution < -0.4 is 5.14 Å². The third-order valence-electron chi connectivity index (χ3n) is 3.51. The number of fused-ring (bicyclic) bond motifs is 1. The molecule has 0 amide bonds. The molecule has 2 aliphatic rings. The van der Waals surface area contributed by atoms with Gasteiger partial charge in [-0.25, -0.2) is 18.0 Å². The molecule has 0 aliphatic carbocycles. The molecule has 22 heavy (non-hydrogen) atoms. The van der Waals surface area contributed by atoms with Gasteiger partial charge in [0.05, 0.1) is 29.7 Å². The maximum atomic E-state index is 11.5. The molecule has 122 valence electrons. The second kappa shape index (κ2) is 6.46. The van der Waals surface area contributed by atoms with E-state index < -0.39 is 10.0 Å². The summed E-state index contributed by atoms with van der Waals surface area (Å²) in [6, 6.07) is 1.61. The first-order valence-electron chi connectivity index (χ1n) is 6.91. The Bertz CT molecular complexity index is 680. The lowest BCUT2D eigenvalue weighted by molar-refractivity contribution is 0.0366. The average molecular weight is 363 g/mol. The van der Waals surface area contributed by atoms with E-state index in [0.717, 1.165) is 54.9 Å². The minimum atomic E-state index is -3.66. The monoisotopic (exact) mass is 362 g/mol. The van der Waals surface area contributed by atoms with Crippen LogP contribution in [0.5, 0.6) is 0 Å². The summed E-state index contributed by atoms with van der Waals surface area (Å²) in [4.78, 5) is 2.34. The molecule has 1 fully saturated rings. The lowest BCUT2D eigenvalue weighted by atomic mass is 10.2. The standard InChI is InChI=1S/C12H18N4O3S3/c1-9-10-8-11(22(13,17)18)20-12(10)21-16(14-9)3-2-15-4-6-19-7-5-15/h8H,2-7H2,1H3,(H2,13,17,18). The molecule has 3 heterocycles. The van der Waals surface area contributed by atoms with Crippen LogP contribution in [0.4, 0.5) is 0 Å². The number of primary sulfonamides is 1. The zero-order valence-electron chi connectivity index (χ0n) is 12.2. The van der Waals surface area contributed by atoms with Crippen LogP contribution >= 0.6 is 23.3 Å². The van der Waals surface area contributed by atoms with Gasteiger partial charge in [-0.3, -0.25) is 4.90 Å². The highest BCUT2D eigenvalue weighted by molar-refractivity contribution is 7.99. The van der Waals surface area contributed by atoms with Crippen LogP contribution in [0.2, 0.25) is 0 Å². The van der Waals surface area contributed by atoms with Crippen LogP contribution in [0.15, 0.2) is 19.6 Å². The summed E-state index contributed by atoms with van der Waals surface area (Å²) in [5.41, 5.74) is 1.68. The Hall–Kier alpha value is -0.650. The molecule has 0 spiro atoms. The fourth-order valence-corrected chi connectivity index (χ4v) is 5.64. The fraction of sp³-hybridized carbons (Fsp3) is 0.583. The van der Waals surface area contributed by atoms with Crippen molar-refractivity contribution in [2.75, 3.05) is 39.4 Å². The van der Waals surface area contributed by atoms with Gasteiger partial charge in [0, 0.05) is 37.1 Å². The second-order valence-electron chi connectivity index (χ2n) is 5.12. The highest BCUT2D eigenvalue weighted by Crippen LogP contribution is 2.39. The van der Waals surface area contributed by atoms with E-state index in [2.05, 4.69) is 10.0 Å². The predicted octanol–water partition coefficient (Wildman–Crippen LogP) is 0.774. The Labute approximate surface area is 138 Å². The summed E-state index contributed by atoms with van der Waals surface area (Å²) in [6.07, 6.45) is 0. The Kier molecular flexibility index (Phi) is 4.76. The summed E-state index contributed by atoms with van der Waals surface area (Å²) in [5, 5.41) is 9.74. The van der Waals surface area contributed by atoms with E-state index in [1.165, 1.54) is 23.3 Å². The van der Waals surface area contributed by atoms with Gasteiger partial charge < -0.3 is 4.74 Å². The molecule has 7 nitrogen and oxygen atoms in total. The first kappa shape index (κ1) is 16.2. The largest absolute Gasteiger partial charge is 0.379 e. The number of nitrogens with two attached hydrogens (primary N) is 1. The van der Waals surface area contributed by atoms with Crippen LogP contribution in [0.1, 0.15) is 12.5 Å². The zero-order chi connectivity index (χ0) is 15.7. The molecule has 0 unspecified atom stereocenters. The lowest BCUT2D eigenvalue weighted by Gasteiger charge is -2.29. The number of ether oxygens (including phenoxy) is 1. The van der Waals surface area contributed by atoms with Gasteiger partial charge in [-0.1, -0.05) is 0 Å². The number of hydrazone groups is 1. The van der Waals surface area contributed by atoms with E-state index >= 15 is 0 Å². The normalized spacial score (nSPS) is 19.9. The van der Waals surface area contributed by atoms with Crippen molar-refractivity contribution in [1.82, 2.24) is 9.31 Å². The van der Waals surface area contributed by atoms with E-state index in [9.17, 15) is 8.42 Å². The smallest absolute Gasteiger partial charge is 0.247 e. The molecule has 0 saturated carbocycles. The van der Waals surface area contributed by atoms with Crippen molar-refractivity contribution < 1.29 is 13.2 Å². The van der Waals surface area contributed by atoms with Crippen LogP contribution in [0.3, 0.4) is 0 Å².